The number of ether oxygens (including phenoxy) is 1. The maximum Gasteiger partial charge on any atom is 0.167 e. The fourth-order valence-corrected chi connectivity index (χ4v) is 3.25. The van der Waals surface area contributed by atoms with Crippen molar-refractivity contribution in [2.45, 2.75) is 37.5 Å². The average molecular weight is 371 g/mol. The number of rotatable bonds is 5. The number of fused-ring (bicyclic) bond motifs is 1. The van der Waals surface area contributed by atoms with Crippen molar-refractivity contribution in [1.29, 1.82) is 0 Å². The molecule has 3 heterocycles. The highest BCUT2D eigenvalue weighted by Crippen LogP contribution is 2.38. The summed E-state index contributed by atoms with van der Waals surface area (Å²) in [6.07, 6.45) is -0.192. The van der Waals surface area contributed by atoms with Gasteiger partial charge < -0.3 is 25.4 Å². The molecular formula is C18H21N5O4. The van der Waals surface area contributed by atoms with Crippen molar-refractivity contribution in [2.24, 2.45) is 0 Å². The third-order valence-corrected chi connectivity index (χ3v) is 4.93. The largest absolute Gasteiger partial charge is 0.394 e. The lowest BCUT2D eigenvalue weighted by Gasteiger charge is -2.25. The molecule has 0 spiro atoms. The van der Waals surface area contributed by atoms with Crippen molar-refractivity contribution in [2.75, 3.05) is 11.9 Å². The summed E-state index contributed by atoms with van der Waals surface area (Å²) in [5, 5.41) is 33.5. The topological polar surface area (TPSA) is 126 Å². The SMILES string of the molecule is C[C@@]1(O)[C@@H](CO)OC(n2cnc3c(NCc4ccccc4)ncnc32)[C@@H]1O. The Kier molecular flexibility index (Phi) is 4.52. The monoisotopic (exact) mass is 371 g/mol. The zero-order valence-corrected chi connectivity index (χ0v) is 14.7. The molecule has 1 aliphatic heterocycles. The minimum absolute atomic E-state index is 0.411. The first-order valence-electron chi connectivity index (χ1n) is 8.64. The van der Waals surface area contributed by atoms with Crippen LogP contribution in [0, 0.1) is 0 Å². The van der Waals surface area contributed by atoms with Crippen LogP contribution in [0.5, 0.6) is 0 Å². The van der Waals surface area contributed by atoms with E-state index in [0.717, 1.165) is 5.56 Å². The molecule has 0 radical (unpaired) electrons. The molecule has 4 atom stereocenters. The van der Waals surface area contributed by atoms with Gasteiger partial charge in [-0.25, -0.2) is 15.0 Å². The van der Waals surface area contributed by atoms with Gasteiger partial charge in [-0.3, -0.25) is 4.57 Å². The first-order chi connectivity index (χ1) is 13.0. The summed E-state index contributed by atoms with van der Waals surface area (Å²) in [7, 11) is 0. The highest BCUT2D eigenvalue weighted by atomic mass is 16.6. The van der Waals surface area contributed by atoms with Gasteiger partial charge in [0.1, 0.15) is 24.1 Å². The number of hydrogen-bond acceptors (Lipinski definition) is 8. The Morgan fingerprint density at radius 3 is 2.70 bits per heavy atom. The molecule has 0 amide bonds. The molecule has 1 fully saturated rings. The summed E-state index contributed by atoms with van der Waals surface area (Å²) in [6.45, 7) is 1.59. The molecule has 1 aromatic carbocycles. The molecule has 4 rings (SSSR count). The van der Waals surface area contributed by atoms with Gasteiger partial charge in [0, 0.05) is 6.54 Å². The number of anilines is 1. The maximum absolute atomic E-state index is 10.5. The molecule has 4 N–H and O–H groups in total. The number of nitrogens with one attached hydrogen (secondary N) is 1. The smallest absolute Gasteiger partial charge is 0.167 e. The molecule has 9 heteroatoms. The van der Waals surface area contributed by atoms with Gasteiger partial charge in [0.2, 0.25) is 0 Å². The van der Waals surface area contributed by atoms with Crippen molar-refractivity contribution in [3.63, 3.8) is 0 Å². The third-order valence-electron chi connectivity index (χ3n) is 4.93. The zero-order chi connectivity index (χ0) is 19.0. The van der Waals surface area contributed by atoms with E-state index in [4.69, 9.17) is 4.74 Å². The Hall–Kier alpha value is -2.59. The Morgan fingerprint density at radius 2 is 2.00 bits per heavy atom. The Labute approximate surface area is 155 Å². The lowest BCUT2D eigenvalue weighted by molar-refractivity contribution is -0.0804. The average Bonchev–Trinajstić information content (AvgIpc) is 3.20. The molecule has 1 unspecified atom stereocenters. The lowest BCUT2D eigenvalue weighted by atomic mass is 9.95. The van der Waals surface area contributed by atoms with E-state index < -0.39 is 30.6 Å². The standard InChI is InChI=1S/C18H21N5O4/c1-18(26)12(8-24)27-17(14(18)25)23-10-22-13-15(20-9-21-16(13)23)19-7-11-5-3-2-4-6-11/h2-6,9-10,12,14,17,24-26H,7-8H2,1H3,(H,19,20,21)/t12-,14+,17?,18-/m1/s1. The van der Waals surface area contributed by atoms with E-state index in [1.54, 1.807) is 4.57 Å². The van der Waals surface area contributed by atoms with Crippen LogP contribution in [0.15, 0.2) is 43.0 Å². The number of nitrogens with zero attached hydrogens (tertiary/aromatic N) is 4. The Balaban J connectivity index is 1.63. The molecule has 1 saturated heterocycles. The van der Waals surface area contributed by atoms with Gasteiger partial charge in [0.25, 0.3) is 0 Å². The minimum atomic E-state index is -1.59. The van der Waals surface area contributed by atoms with E-state index in [1.165, 1.54) is 19.6 Å². The Bertz CT molecular complexity index is 930. The molecule has 3 aromatic rings. The summed E-state index contributed by atoms with van der Waals surface area (Å²) in [5.74, 6) is 0.556. The second-order valence-corrected chi connectivity index (χ2v) is 6.75. The highest BCUT2D eigenvalue weighted by Gasteiger charge is 2.52. The van der Waals surface area contributed by atoms with Crippen molar-refractivity contribution in [3.8, 4) is 0 Å². The molecule has 0 saturated carbocycles. The van der Waals surface area contributed by atoms with Gasteiger partial charge in [-0.1, -0.05) is 30.3 Å². The number of aromatic nitrogens is 4. The third kappa shape index (κ3) is 3.04. The van der Waals surface area contributed by atoms with Crippen LogP contribution in [0.1, 0.15) is 18.7 Å². The predicted octanol–water partition coefficient (Wildman–Crippen LogP) is 0.440. The second kappa shape index (κ2) is 6.86. The predicted molar refractivity (Wildman–Crippen MR) is 96.7 cm³/mol. The van der Waals surface area contributed by atoms with E-state index >= 15 is 0 Å². The maximum atomic E-state index is 10.5. The normalized spacial score (nSPS) is 27.9. The summed E-state index contributed by atoms with van der Waals surface area (Å²) in [5.41, 5.74) is 0.493. The van der Waals surface area contributed by atoms with Gasteiger partial charge in [0.15, 0.2) is 23.2 Å². The van der Waals surface area contributed by atoms with E-state index in [2.05, 4.69) is 20.3 Å². The van der Waals surface area contributed by atoms with Crippen LogP contribution in [0.4, 0.5) is 5.82 Å². The number of benzene rings is 1. The molecule has 9 nitrogen and oxygen atoms in total. The second-order valence-electron chi connectivity index (χ2n) is 6.75. The van der Waals surface area contributed by atoms with Gasteiger partial charge >= 0.3 is 0 Å². The van der Waals surface area contributed by atoms with Crippen molar-refractivity contribution in [3.05, 3.63) is 48.5 Å². The Morgan fingerprint density at radius 1 is 1.22 bits per heavy atom. The van der Waals surface area contributed by atoms with E-state index in [1.807, 2.05) is 30.3 Å². The van der Waals surface area contributed by atoms with E-state index in [0.29, 0.717) is 23.5 Å². The molecular weight excluding hydrogens is 350 g/mol. The number of aliphatic hydroxyl groups excluding tert-OH is 2. The van der Waals surface area contributed by atoms with Crippen LogP contribution < -0.4 is 5.32 Å². The first kappa shape index (κ1) is 17.8. The van der Waals surface area contributed by atoms with E-state index in [-0.39, 0.29) is 0 Å². The van der Waals surface area contributed by atoms with Gasteiger partial charge in [-0.15, -0.1) is 0 Å². The molecule has 142 valence electrons. The summed E-state index contributed by atoms with van der Waals surface area (Å²) in [6, 6.07) is 9.89. The molecule has 0 bridgehead atoms. The molecule has 27 heavy (non-hydrogen) atoms. The van der Waals surface area contributed by atoms with Crippen molar-refractivity contribution >= 4 is 17.0 Å². The highest BCUT2D eigenvalue weighted by molar-refractivity contribution is 5.82. The van der Waals surface area contributed by atoms with Crippen LogP contribution in [0.2, 0.25) is 0 Å². The summed E-state index contributed by atoms with van der Waals surface area (Å²) < 4.78 is 7.19. The summed E-state index contributed by atoms with van der Waals surface area (Å²) in [4.78, 5) is 12.8. The van der Waals surface area contributed by atoms with Crippen LogP contribution >= 0.6 is 0 Å². The van der Waals surface area contributed by atoms with Gasteiger partial charge in [-0.05, 0) is 12.5 Å². The molecule has 0 aliphatic carbocycles. The van der Waals surface area contributed by atoms with Gasteiger partial charge in [0.05, 0.1) is 12.9 Å². The minimum Gasteiger partial charge on any atom is -0.394 e. The summed E-state index contributed by atoms with van der Waals surface area (Å²) >= 11 is 0. The van der Waals surface area contributed by atoms with Crippen molar-refractivity contribution in [1.82, 2.24) is 19.5 Å². The van der Waals surface area contributed by atoms with Crippen LogP contribution in [0.3, 0.4) is 0 Å². The fourth-order valence-electron chi connectivity index (χ4n) is 3.25. The zero-order valence-electron chi connectivity index (χ0n) is 14.7. The number of aliphatic hydroxyl groups is 3. The van der Waals surface area contributed by atoms with Crippen molar-refractivity contribution < 1.29 is 20.1 Å². The van der Waals surface area contributed by atoms with Crippen LogP contribution in [0.25, 0.3) is 11.2 Å². The van der Waals surface area contributed by atoms with Gasteiger partial charge in [-0.2, -0.15) is 0 Å². The van der Waals surface area contributed by atoms with Crippen LogP contribution in [-0.2, 0) is 11.3 Å². The molecule has 1 aliphatic rings. The fraction of sp³-hybridized carbons (Fsp3) is 0.389. The first-order valence-corrected chi connectivity index (χ1v) is 8.64. The van der Waals surface area contributed by atoms with E-state index in [9.17, 15) is 15.3 Å². The van der Waals surface area contributed by atoms with Crippen LogP contribution in [-0.4, -0.2) is 59.3 Å². The quantitative estimate of drug-likeness (QED) is 0.509. The number of imidazole rings is 1. The molecule has 2 aromatic heterocycles. The number of hydrogen-bond donors (Lipinski definition) is 4. The lowest BCUT2D eigenvalue weighted by Crippen LogP contribution is -2.46.